The molecular weight excluding hydrogens is 296 g/mol. The van der Waals surface area contributed by atoms with Gasteiger partial charge < -0.3 is 0 Å². The SMILES string of the molecule is Cc1ccc(C(NN)c2ccsc2C)c(Br)c1. The maximum atomic E-state index is 5.71. The largest absolute Gasteiger partial charge is 0.271 e. The third kappa shape index (κ3) is 2.60. The van der Waals surface area contributed by atoms with Crippen molar-refractivity contribution < 1.29 is 0 Å². The number of nitrogens with two attached hydrogens (primary N) is 1. The first-order chi connectivity index (χ1) is 8.13. The van der Waals surface area contributed by atoms with Gasteiger partial charge in [-0.15, -0.1) is 11.3 Å². The maximum Gasteiger partial charge on any atom is 0.0731 e. The lowest BCUT2D eigenvalue weighted by Gasteiger charge is -2.18. The van der Waals surface area contributed by atoms with E-state index in [1.165, 1.54) is 21.6 Å². The molecule has 1 unspecified atom stereocenters. The average Bonchev–Trinajstić information content (AvgIpc) is 2.69. The number of halogens is 1. The van der Waals surface area contributed by atoms with Crippen molar-refractivity contribution in [1.82, 2.24) is 5.43 Å². The molecule has 2 aromatic rings. The van der Waals surface area contributed by atoms with Crippen molar-refractivity contribution in [2.45, 2.75) is 19.9 Å². The summed E-state index contributed by atoms with van der Waals surface area (Å²) in [5, 5.41) is 2.09. The van der Waals surface area contributed by atoms with E-state index in [1.54, 1.807) is 11.3 Å². The lowest BCUT2D eigenvalue weighted by atomic mass is 9.99. The summed E-state index contributed by atoms with van der Waals surface area (Å²) in [5.74, 6) is 5.71. The van der Waals surface area contributed by atoms with Gasteiger partial charge in [-0.25, -0.2) is 5.43 Å². The van der Waals surface area contributed by atoms with Crippen LogP contribution in [0.4, 0.5) is 0 Å². The molecule has 0 radical (unpaired) electrons. The molecule has 0 amide bonds. The highest BCUT2D eigenvalue weighted by Gasteiger charge is 2.17. The normalized spacial score (nSPS) is 12.7. The number of hydrogen-bond donors (Lipinski definition) is 2. The topological polar surface area (TPSA) is 38.0 Å². The van der Waals surface area contributed by atoms with E-state index in [0.717, 1.165) is 4.47 Å². The van der Waals surface area contributed by atoms with Gasteiger partial charge in [0.2, 0.25) is 0 Å². The Kier molecular flexibility index (Phi) is 3.99. The molecule has 0 bridgehead atoms. The van der Waals surface area contributed by atoms with Gasteiger partial charge in [-0.2, -0.15) is 0 Å². The number of nitrogens with one attached hydrogen (secondary N) is 1. The van der Waals surface area contributed by atoms with Crippen LogP contribution in [0.25, 0.3) is 0 Å². The van der Waals surface area contributed by atoms with Crippen molar-refractivity contribution in [3.63, 3.8) is 0 Å². The van der Waals surface area contributed by atoms with Gasteiger partial charge in [0.05, 0.1) is 6.04 Å². The first-order valence-electron chi connectivity index (χ1n) is 5.39. The van der Waals surface area contributed by atoms with Gasteiger partial charge >= 0.3 is 0 Å². The summed E-state index contributed by atoms with van der Waals surface area (Å²) < 4.78 is 1.09. The molecule has 2 rings (SSSR count). The van der Waals surface area contributed by atoms with Crippen molar-refractivity contribution in [1.29, 1.82) is 0 Å². The lowest BCUT2D eigenvalue weighted by Crippen LogP contribution is -2.29. The lowest BCUT2D eigenvalue weighted by molar-refractivity contribution is 0.634. The fourth-order valence-corrected chi connectivity index (χ4v) is 3.37. The molecule has 0 saturated carbocycles. The Morgan fingerprint density at radius 2 is 2.00 bits per heavy atom. The zero-order valence-corrected chi connectivity index (χ0v) is 12.2. The molecule has 0 spiro atoms. The zero-order valence-electron chi connectivity index (χ0n) is 9.83. The fourth-order valence-electron chi connectivity index (χ4n) is 1.91. The smallest absolute Gasteiger partial charge is 0.0731 e. The second-order valence-corrected chi connectivity index (χ2v) is 6.03. The van der Waals surface area contributed by atoms with E-state index in [1.807, 2.05) is 0 Å². The van der Waals surface area contributed by atoms with Crippen molar-refractivity contribution in [2.24, 2.45) is 5.84 Å². The first-order valence-corrected chi connectivity index (χ1v) is 7.07. The van der Waals surface area contributed by atoms with Crippen LogP contribution in [0.3, 0.4) is 0 Å². The monoisotopic (exact) mass is 310 g/mol. The first kappa shape index (κ1) is 12.8. The fraction of sp³-hybridized carbons (Fsp3) is 0.231. The standard InChI is InChI=1S/C13H15BrN2S/c1-8-3-4-11(12(14)7-8)13(16-15)10-5-6-17-9(10)2/h3-7,13,16H,15H2,1-2H3. The molecule has 0 saturated heterocycles. The van der Waals surface area contributed by atoms with Crippen molar-refractivity contribution >= 4 is 27.3 Å². The Morgan fingerprint density at radius 1 is 1.24 bits per heavy atom. The van der Waals surface area contributed by atoms with E-state index < -0.39 is 0 Å². The maximum absolute atomic E-state index is 5.71. The Labute approximate surface area is 114 Å². The number of rotatable bonds is 3. The highest BCUT2D eigenvalue weighted by Crippen LogP contribution is 2.32. The Hall–Kier alpha value is -0.680. The molecule has 1 heterocycles. The molecule has 1 aromatic carbocycles. The van der Waals surface area contributed by atoms with Crippen LogP contribution in [0.2, 0.25) is 0 Å². The molecule has 2 nitrogen and oxygen atoms in total. The highest BCUT2D eigenvalue weighted by molar-refractivity contribution is 9.10. The van der Waals surface area contributed by atoms with Gasteiger partial charge in [0.1, 0.15) is 0 Å². The molecule has 90 valence electrons. The summed E-state index contributed by atoms with van der Waals surface area (Å²) in [7, 11) is 0. The molecule has 1 atom stereocenters. The minimum absolute atomic E-state index is 0.0382. The number of thiophene rings is 1. The molecule has 0 fully saturated rings. The van der Waals surface area contributed by atoms with Crippen LogP contribution in [-0.4, -0.2) is 0 Å². The van der Waals surface area contributed by atoms with Gasteiger partial charge in [-0.3, -0.25) is 5.84 Å². The summed E-state index contributed by atoms with van der Waals surface area (Å²) in [6.07, 6.45) is 0. The summed E-state index contributed by atoms with van der Waals surface area (Å²) in [6.45, 7) is 4.20. The van der Waals surface area contributed by atoms with Crippen LogP contribution < -0.4 is 11.3 Å². The van der Waals surface area contributed by atoms with Gasteiger partial charge in [0, 0.05) is 9.35 Å². The number of hydrogen-bond acceptors (Lipinski definition) is 3. The summed E-state index contributed by atoms with van der Waals surface area (Å²) in [6, 6.07) is 8.49. The number of aryl methyl sites for hydroxylation is 2. The average molecular weight is 311 g/mol. The van der Waals surface area contributed by atoms with Gasteiger partial charge in [-0.1, -0.05) is 28.1 Å². The van der Waals surface area contributed by atoms with Gasteiger partial charge in [0.25, 0.3) is 0 Å². The van der Waals surface area contributed by atoms with Gasteiger partial charge in [0.15, 0.2) is 0 Å². The van der Waals surface area contributed by atoms with Crippen molar-refractivity contribution in [2.75, 3.05) is 0 Å². The Morgan fingerprint density at radius 3 is 2.53 bits per heavy atom. The summed E-state index contributed by atoms with van der Waals surface area (Å²) in [5.41, 5.74) is 6.54. The molecule has 0 aliphatic carbocycles. The van der Waals surface area contributed by atoms with E-state index >= 15 is 0 Å². The minimum atomic E-state index is 0.0382. The Bertz CT molecular complexity index is 522. The van der Waals surface area contributed by atoms with E-state index in [9.17, 15) is 0 Å². The zero-order chi connectivity index (χ0) is 12.4. The predicted octanol–water partition coefficient (Wildman–Crippen LogP) is 3.68. The van der Waals surface area contributed by atoms with Crippen molar-refractivity contribution in [3.05, 3.63) is 55.7 Å². The third-order valence-electron chi connectivity index (χ3n) is 2.84. The number of hydrazine groups is 1. The second-order valence-electron chi connectivity index (χ2n) is 4.06. The molecule has 17 heavy (non-hydrogen) atoms. The van der Waals surface area contributed by atoms with E-state index in [0.29, 0.717) is 0 Å². The minimum Gasteiger partial charge on any atom is -0.271 e. The van der Waals surface area contributed by atoms with Crippen LogP contribution >= 0.6 is 27.3 Å². The van der Waals surface area contributed by atoms with E-state index in [4.69, 9.17) is 5.84 Å². The molecule has 4 heteroatoms. The van der Waals surface area contributed by atoms with E-state index in [-0.39, 0.29) is 6.04 Å². The second kappa shape index (κ2) is 5.31. The molecule has 0 aliphatic heterocycles. The van der Waals surface area contributed by atoms with Crippen LogP contribution in [0.15, 0.2) is 34.1 Å². The van der Waals surface area contributed by atoms with Crippen LogP contribution in [-0.2, 0) is 0 Å². The summed E-state index contributed by atoms with van der Waals surface area (Å²) in [4.78, 5) is 1.29. The predicted molar refractivity (Wildman–Crippen MR) is 77.1 cm³/mol. The quantitative estimate of drug-likeness (QED) is 0.670. The van der Waals surface area contributed by atoms with Crippen LogP contribution in [0.1, 0.15) is 27.6 Å². The van der Waals surface area contributed by atoms with E-state index in [2.05, 4.69) is 64.8 Å². The highest BCUT2D eigenvalue weighted by atomic mass is 79.9. The molecule has 3 N–H and O–H groups in total. The molecule has 0 aliphatic rings. The van der Waals surface area contributed by atoms with Gasteiger partial charge in [-0.05, 0) is 48.1 Å². The number of benzene rings is 1. The molecule has 1 aromatic heterocycles. The van der Waals surface area contributed by atoms with Crippen LogP contribution in [0.5, 0.6) is 0 Å². The van der Waals surface area contributed by atoms with Crippen molar-refractivity contribution in [3.8, 4) is 0 Å². The van der Waals surface area contributed by atoms with Crippen LogP contribution in [0, 0.1) is 13.8 Å². The third-order valence-corrected chi connectivity index (χ3v) is 4.39. The Balaban J connectivity index is 2.46. The molecular formula is C13H15BrN2S. The summed E-state index contributed by atoms with van der Waals surface area (Å²) >= 11 is 5.35.